The Morgan fingerprint density at radius 2 is 1.93 bits per heavy atom. The van der Waals surface area contributed by atoms with Gasteiger partial charge in [-0.05, 0) is 64.5 Å². The number of rotatable bonds is 6. The molecular formula is C21H31FN2O4. The highest BCUT2D eigenvalue weighted by atomic mass is 19.1. The number of hydrogen-bond acceptors (Lipinski definition) is 4. The van der Waals surface area contributed by atoms with Crippen molar-refractivity contribution >= 4 is 17.7 Å². The summed E-state index contributed by atoms with van der Waals surface area (Å²) >= 11 is 0. The summed E-state index contributed by atoms with van der Waals surface area (Å²) in [4.78, 5) is 24.8. The Labute approximate surface area is 166 Å². The van der Waals surface area contributed by atoms with Gasteiger partial charge in [-0.2, -0.15) is 0 Å². The molecule has 6 nitrogen and oxygen atoms in total. The monoisotopic (exact) mass is 394 g/mol. The second-order valence-electron chi connectivity index (χ2n) is 8.22. The molecule has 0 radical (unpaired) electrons. The molecule has 156 valence electrons. The number of carbonyl (C=O) groups is 2. The number of ether oxygens (including phenoxy) is 2. The number of likely N-dealkylation sites (tertiary alicyclic amines) is 1. The Morgan fingerprint density at radius 3 is 2.50 bits per heavy atom. The van der Waals surface area contributed by atoms with Gasteiger partial charge in [-0.25, -0.2) is 9.18 Å². The minimum Gasteiger partial charge on any atom is -0.493 e. The van der Waals surface area contributed by atoms with E-state index in [9.17, 15) is 14.0 Å². The van der Waals surface area contributed by atoms with E-state index in [0.29, 0.717) is 18.3 Å². The fourth-order valence-electron chi connectivity index (χ4n) is 3.17. The number of anilines is 1. The van der Waals surface area contributed by atoms with E-state index in [0.717, 1.165) is 38.8 Å². The zero-order chi connectivity index (χ0) is 20.7. The zero-order valence-electron chi connectivity index (χ0n) is 17.2. The molecule has 1 fully saturated rings. The van der Waals surface area contributed by atoms with Gasteiger partial charge in [0.2, 0.25) is 5.91 Å². The Morgan fingerprint density at radius 1 is 1.25 bits per heavy atom. The molecule has 7 heteroatoms. The SMILES string of the molecule is CC(=O)Nc1ccc(OCCCC2CCN(C(=O)OC(C)(C)C)CC2)cc1F. The van der Waals surface area contributed by atoms with Crippen LogP contribution in [0, 0.1) is 11.7 Å². The summed E-state index contributed by atoms with van der Waals surface area (Å²) in [6, 6.07) is 4.43. The van der Waals surface area contributed by atoms with Crippen molar-refractivity contribution in [3.05, 3.63) is 24.0 Å². The lowest BCUT2D eigenvalue weighted by molar-refractivity contribution is -0.114. The summed E-state index contributed by atoms with van der Waals surface area (Å²) in [5, 5.41) is 2.43. The molecule has 2 amide bonds. The second-order valence-corrected chi connectivity index (χ2v) is 8.22. The van der Waals surface area contributed by atoms with Crippen LogP contribution in [-0.2, 0) is 9.53 Å². The highest BCUT2D eigenvalue weighted by molar-refractivity contribution is 5.88. The smallest absolute Gasteiger partial charge is 0.410 e. The predicted molar refractivity (Wildman–Crippen MR) is 106 cm³/mol. The molecule has 0 aliphatic carbocycles. The average Bonchev–Trinajstić information content (AvgIpc) is 2.59. The Kier molecular flexibility index (Phi) is 7.66. The molecule has 0 spiro atoms. The highest BCUT2D eigenvalue weighted by Crippen LogP contribution is 2.24. The molecule has 1 N–H and O–H groups in total. The largest absolute Gasteiger partial charge is 0.493 e. The van der Waals surface area contributed by atoms with Gasteiger partial charge in [0.1, 0.15) is 17.2 Å². The van der Waals surface area contributed by atoms with E-state index in [-0.39, 0.29) is 17.7 Å². The van der Waals surface area contributed by atoms with Crippen molar-refractivity contribution in [3.8, 4) is 5.75 Å². The number of hydrogen-bond donors (Lipinski definition) is 1. The molecule has 1 aromatic carbocycles. The van der Waals surface area contributed by atoms with E-state index < -0.39 is 11.4 Å². The maximum Gasteiger partial charge on any atom is 0.410 e. The zero-order valence-corrected chi connectivity index (χ0v) is 17.2. The highest BCUT2D eigenvalue weighted by Gasteiger charge is 2.26. The van der Waals surface area contributed by atoms with E-state index in [4.69, 9.17) is 9.47 Å². The lowest BCUT2D eigenvalue weighted by Gasteiger charge is -2.33. The van der Waals surface area contributed by atoms with Crippen LogP contribution in [0.25, 0.3) is 0 Å². The van der Waals surface area contributed by atoms with Crippen LogP contribution in [0.2, 0.25) is 0 Å². The van der Waals surface area contributed by atoms with Crippen LogP contribution < -0.4 is 10.1 Å². The van der Waals surface area contributed by atoms with E-state index >= 15 is 0 Å². The van der Waals surface area contributed by atoms with Crippen LogP contribution >= 0.6 is 0 Å². The van der Waals surface area contributed by atoms with E-state index in [1.54, 1.807) is 11.0 Å². The van der Waals surface area contributed by atoms with Crippen LogP contribution in [0.15, 0.2) is 18.2 Å². The molecular weight excluding hydrogens is 363 g/mol. The molecule has 28 heavy (non-hydrogen) atoms. The van der Waals surface area contributed by atoms with Gasteiger partial charge in [-0.15, -0.1) is 0 Å². The van der Waals surface area contributed by atoms with Crippen molar-refractivity contribution in [2.45, 2.75) is 59.0 Å². The summed E-state index contributed by atoms with van der Waals surface area (Å²) in [7, 11) is 0. The summed E-state index contributed by atoms with van der Waals surface area (Å²) in [5.74, 6) is 0.181. The number of benzene rings is 1. The Balaban J connectivity index is 1.66. The van der Waals surface area contributed by atoms with Crippen LogP contribution in [0.1, 0.15) is 53.4 Å². The minimum absolute atomic E-state index is 0.150. The first-order valence-corrected chi connectivity index (χ1v) is 9.82. The van der Waals surface area contributed by atoms with Gasteiger partial charge in [0.05, 0.1) is 12.3 Å². The molecule has 1 aromatic rings. The molecule has 0 saturated carbocycles. The van der Waals surface area contributed by atoms with Crippen molar-refractivity contribution in [1.29, 1.82) is 0 Å². The van der Waals surface area contributed by atoms with Gasteiger partial charge < -0.3 is 19.7 Å². The molecule has 0 aromatic heterocycles. The lowest BCUT2D eigenvalue weighted by Crippen LogP contribution is -2.41. The first kappa shape index (κ1) is 22.0. The van der Waals surface area contributed by atoms with Gasteiger partial charge in [0.15, 0.2) is 0 Å². The maximum absolute atomic E-state index is 13.9. The lowest BCUT2D eigenvalue weighted by atomic mass is 9.92. The van der Waals surface area contributed by atoms with Crippen molar-refractivity contribution in [2.24, 2.45) is 5.92 Å². The normalized spacial score (nSPS) is 15.2. The molecule has 0 unspecified atom stereocenters. The van der Waals surface area contributed by atoms with Crippen LogP contribution in [-0.4, -0.2) is 42.2 Å². The molecule has 1 aliphatic heterocycles. The first-order valence-electron chi connectivity index (χ1n) is 9.82. The Hall–Kier alpha value is -2.31. The summed E-state index contributed by atoms with van der Waals surface area (Å²) in [5.41, 5.74) is -0.318. The van der Waals surface area contributed by atoms with Gasteiger partial charge in [0.25, 0.3) is 0 Å². The molecule has 1 aliphatic rings. The number of nitrogens with zero attached hydrogens (tertiary/aromatic N) is 1. The van der Waals surface area contributed by atoms with Gasteiger partial charge in [-0.3, -0.25) is 4.79 Å². The number of piperidine rings is 1. The van der Waals surface area contributed by atoms with Crippen LogP contribution in [0.5, 0.6) is 5.75 Å². The molecule has 1 heterocycles. The summed E-state index contributed by atoms with van der Waals surface area (Å²) < 4.78 is 24.9. The third-order valence-corrected chi connectivity index (χ3v) is 4.54. The Bertz CT molecular complexity index is 679. The third kappa shape index (κ3) is 7.37. The van der Waals surface area contributed by atoms with Crippen molar-refractivity contribution in [2.75, 3.05) is 25.0 Å². The second kappa shape index (κ2) is 9.75. The molecule has 0 bridgehead atoms. The summed E-state index contributed by atoms with van der Waals surface area (Å²) in [6.07, 6.45) is 3.55. The first-order chi connectivity index (χ1) is 13.1. The van der Waals surface area contributed by atoms with Crippen molar-refractivity contribution in [1.82, 2.24) is 4.90 Å². The van der Waals surface area contributed by atoms with Gasteiger partial charge >= 0.3 is 6.09 Å². The topological polar surface area (TPSA) is 67.9 Å². The maximum atomic E-state index is 13.9. The van der Waals surface area contributed by atoms with Crippen molar-refractivity contribution < 1.29 is 23.5 Å². The number of nitrogens with one attached hydrogen (secondary N) is 1. The average molecular weight is 394 g/mol. The predicted octanol–water partition coefficient (Wildman–Crippen LogP) is 4.59. The molecule has 0 atom stereocenters. The van der Waals surface area contributed by atoms with E-state index in [2.05, 4.69) is 5.32 Å². The van der Waals surface area contributed by atoms with Gasteiger partial charge in [0, 0.05) is 26.1 Å². The molecule has 1 saturated heterocycles. The van der Waals surface area contributed by atoms with Gasteiger partial charge in [-0.1, -0.05) is 0 Å². The minimum atomic E-state index is -0.512. The van der Waals surface area contributed by atoms with Crippen LogP contribution in [0.4, 0.5) is 14.9 Å². The van der Waals surface area contributed by atoms with E-state index in [1.165, 1.54) is 19.1 Å². The number of carbonyl (C=O) groups excluding carboxylic acids is 2. The molecule has 2 rings (SSSR count). The third-order valence-electron chi connectivity index (χ3n) is 4.54. The standard InChI is InChI=1S/C21H31FN2O4/c1-15(25)23-19-8-7-17(14-18(19)22)27-13-5-6-16-9-11-24(12-10-16)20(26)28-21(2,3)4/h7-8,14,16H,5-6,9-13H2,1-4H3,(H,23,25). The number of amides is 2. The number of halogens is 1. The summed E-state index contributed by atoms with van der Waals surface area (Å²) in [6.45, 7) is 8.89. The fourth-order valence-corrected chi connectivity index (χ4v) is 3.17. The quantitative estimate of drug-likeness (QED) is 0.717. The van der Waals surface area contributed by atoms with E-state index in [1.807, 2.05) is 20.8 Å². The van der Waals surface area contributed by atoms with Crippen LogP contribution in [0.3, 0.4) is 0 Å². The van der Waals surface area contributed by atoms with Crippen molar-refractivity contribution in [3.63, 3.8) is 0 Å². The fraction of sp³-hybridized carbons (Fsp3) is 0.619.